The van der Waals surface area contributed by atoms with E-state index in [-0.39, 0.29) is 12.5 Å². The molecule has 0 radical (unpaired) electrons. The summed E-state index contributed by atoms with van der Waals surface area (Å²) in [6, 6.07) is 2.29. The zero-order valence-electron chi connectivity index (χ0n) is 10.2. The lowest BCUT2D eigenvalue weighted by Gasteiger charge is -2.06. The number of aromatic nitrogens is 3. The van der Waals surface area contributed by atoms with Crippen molar-refractivity contribution in [1.82, 2.24) is 19.9 Å². The number of pyridine rings is 1. The van der Waals surface area contributed by atoms with Gasteiger partial charge in [0.1, 0.15) is 5.52 Å². The highest BCUT2D eigenvalue weighted by Gasteiger charge is 2.23. The van der Waals surface area contributed by atoms with Gasteiger partial charge in [0.15, 0.2) is 5.82 Å². The van der Waals surface area contributed by atoms with E-state index >= 15 is 0 Å². The molecule has 0 spiro atoms. The largest absolute Gasteiger partial charge is 0.359 e. The maximum Gasteiger partial charge on any atom is 0.239 e. The Morgan fingerprint density at radius 1 is 1.50 bits per heavy atom. The molecule has 18 heavy (non-hydrogen) atoms. The predicted molar refractivity (Wildman–Crippen MR) is 68.2 cm³/mol. The highest BCUT2D eigenvalue weighted by molar-refractivity contribution is 5.88. The molecule has 3 rings (SSSR count). The van der Waals surface area contributed by atoms with Crippen LogP contribution in [-0.2, 0) is 11.8 Å². The minimum Gasteiger partial charge on any atom is -0.359 e. The summed E-state index contributed by atoms with van der Waals surface area (Å²) in [5.41, 5.74) is 1.79. The zero-order valence-corrected chi connectivity index (χ0v) is 10.2. The minimum atomic E-state index is 0.00670. The summed E-state index contributed by atoms with van der Waals surface area (Å²) in [5.74, 6) is 0.659. The fourth-order valence-electron chi connectivity index (χ4n) is 1.86. The number of amides is 1. The molecule has 0 bridgehead atoms. The standard InChI is InChI=1S/C12H15N5O/c1-17-7-15-11-9(17)4-5-13-12(11)14-6-10(18)16-8-2-3-8/h4-5,7-8H,2-3,6H2,1H3,(H,13,14)(H,16,18). The van der Waals surface area contributed by atoms with E-state index in [4.69, 9.17) is 0 Å². The SMILES string of the molecule is Cn1cnc2c(NCC(=O)NC3CC3)nccc21. The first kappa shape index (κ1) is 11.0. The molecule has 1 fully saturated rings. The van der Waals surface area contributed by atoms with Gasteiger partial charge in [-0.25, -0.2) is 9.97 Å². The second-order valence-corrected chi connectivity index (χ2v) is 4.58. The number of aryl methyl sites for hydroxylation is 1. The van der Waals surface area contributed by atoms with Crippen molar-refractivity contribution in [3.05, 3.63) is 18.6 Å². The third-order valence-electron chi connectivity index (χ3n) is 3.00. The molecule has 2 aromatic heterocycles. The van der Waals surface area contributed by atoms with E-state index < -0.39 is 0 Å². The summed E-state index contributed by atoms with van der Waals surface area (Å²) in [4.78, 5) is 20.1. The topological polar surface area (TPSA) is 71.8 Å². The van der Waals surface area contributed by atoms with Crippen molar-refractivity contribution in [2.45, 2.75) is 18.9 Å². The molecule has 6 nitrogen and oxygen atoms in total. The number of carbonyl (C=O) groups is 1. The number of nitrogens with one attached hydrogen (secondary N) is 2. The Morgan fingerprint density at radius 2 is 2.33 bits per heavy atom. The molecule has 6 heteroatoms. The monoisotopic (exact) mass is 245 g/mol. The van der Waals surface area contributed by atoms with Gasteiger partial charge in [-0.3, -0.25) is 4.79 Å². The van der Waals surface area contributed by atoms with E-state index in [9.17, 15) is 4.79 Å². The van der Waals surface area contributed by atoms with Gasteiger partial charge in [0.05, 0.1) is 18.4 Å². The Kier molecular flexibility index (Phi) is 2.62. The minimum absolute atomic E-state index is 0.00670. The van der Waals surface area contributed by atoms with Crippen LogP contribution in [0.3, 0.4) is 0 Å². The van der Waals surface area contributed by atoms with Gasteiger partial charge < -0.3 is 15.2 Å². The van der Waals surface area contributed by atoms with E-state index in [0.717, 1.165) is 23.9 Å². The Balaban J connectivity index is 1.71. The van der Waals surface area contributed by atoms with Crippen LogP contribution in [0.4, 0.5) is 5.82 Å². The van der Waals surface area contributed by atoms with Crippen molar-refractivity contribution in [3.63, 3.8) is 0 Å². The average molecular weight is 245 g/mol. The molecule has 2 heterocycles. The molecule has 0 aromatic carbocycles. The van der Waals surface area contributed by atoms with E-state index in [1.54, 1.807) is 12.5 Å². The van der Waals surface area contributed by atoms with Crippen molar-refractivity contribution in [3.8, 4) is 0 Å². The number of rotatable bonds is 4. The van der Waals surface area contributed by atoms with Crippen LogP contribution in [0.1, 0.15) is 12.8 Å². The summed E-state index contributed by atoms with van der Waals surface area (Å²) in [7, 11) is 1.93. The van der Waals surface area contributed by atoms with Crippen molar-refractivity contribution >= 4 is 22.8 Å². The van der Waals surface area contributed by atoms with Gasteiger partial charge in [-0.1, -0.05) is 0 Å². The summed E-state index contributed by atoms with van der Waals surface area (Å²) >= 11 is 0. The number of fused-ring (bicyclic) bond motifs is 1. The zero-order chi connectivity index (χ0) is 12.5. The lowest BCUT2D eigenvalue weighted by atomic mass is 10.3. The molecular weight excluding hydrogens is 230 g/mol. The third-order valence-corrected chi connectivity index (χ3v) is 3.00. The summed E-state index contributed by atoms with van der Waals surface area (Å²) in [5, 5.41) is 5.96. The van der Waals surface area contributed by atoms with Crippen LogP contribution >= 0.6 is 0 Å². The second-order valence-electron chi connectivity index (χ2n) is 4.58. The lowest BCUT2D eigenvalue weighted by Crippen LogP contribution is -2.31. The van der Waals surface area contributed by atoms with Crippen molar-refractivity contribution < 1.29 is 4.79 Å². The van der Waals surface area contributed by atoms with Crippen molar-refractivity contribution in [2.75, 3.05) is 11.9 Å². The number of nitrogens with zero attached hydrogens (tertiary/aromatic N) is 3. The van der Waals surface area contributed by atoms with Crippen LogP contribution in [-0.4, -0.2) is 33.0 Å². The van der Waals surface area contributed by atoms with Crippen LogP contribution in [0.5, 0.6) is 0 Å². The number of hydrogen-bond donors (Lipinski definition) is 2. The van der Waals surface area contributed by atoms with Gasteiger partial charge in [0.25, 0.3) is 0 Å². The van der Waals surface area contributed by atoms with E-state index in [0.29, 0.717) is 11.9 Å². The smallest absolute Gasteiger partial charge is 0.239 e. The summed E-state index contributed by atoms with van der Waals surface area (Å²) < 4.78 is 1.92. The molecule has 0 atom stereocenters. The van der Waals surface area contributed by atoms with Crippen LogP contribution in [0, 0.1) is 0 Å². The molecule has 1 aliphatic rings. The third kappa shape index (κ3) is 2.13. The normalized spacial score (nSPS) is 14.7. The van der Waals surface area contributed by atoms with Crippen LogP contribution in [0.2, 0.25) is 0 Å². The molecule has 0 unspecified atom stereocenters. The molecule has 1 amide bonds. The summed E-state index contributed by atoms with van der Waals surface area (Å²) in [6.45, 7) is 0.235. The Labute approximate surface area is 104 Å². The molecule has 0 saturated heterocycles. The molecule has 1 saturated carbocycles. The quantitative estimate of drug-likeness (QED) is 0.830. The lowest BCUT2D eigenvalue weighted by molar-refractivity contribution is -0.119. The Hall–Kier alpha value is -2.11. The molecule has 94 valence electrons. The maximum absolute atomic E-state index is 11.6. The first-order valence-electron chi connectivity index (χ1n) is 6.03. The van der Waals surface area contributed by atoms with E-state index in [1.807, 2.05) is 17.7 Å². The van der Waals surface area contributed by atoms with E-state index in [1.165, 1.54) is 0 Å². The van der Waals surface area contributed by atoms with Crippen LogP contribution in [0.15, 0.2) is 18.6 Å². The van der Waals surface area contributed by atoms with Gasteiger partial charge in [0, 0.05) is 19.3 Å². The van der Waals surface area contributed by atoms with Crippen LogP contribution < -0.4 is 10.6 Å². The molecule has 2 aromatic rings. The molecule has 0 aliphatic heterocycles. The Morgan fingerprint density at radius 3 is 3.11 bits per heavy atom. The van der Waals surface area contributed by atoms with Gasteiger partial charge in [0.2, 0.25) is 5.91 Å². The van der Waals surface area contributed by atoms with Crippen LogP contribution in [0.25, 0.3) is 11.0 Å². The van der Waals surface area contributed by atoms with Crippen molar-refractivity contribution in [2.24, 2.45) is 7.05 Å². The fourth-order valence-corrected chi connectivity index (χ4v) is 1.86. The van der Waals surface area contributed by atoms with Gasteiger partial charge in [-0.05, 0) is 18.9 Å². The van der Waals surface area contributed by atoms with Gasteiger partial charge in [-0.15, -0.1) is 0 Å². The summed E-state index contributed by atoms with van der Waals surface area (Å²) in [6.07, 6.45) is 5.65. The van der Waals surface area contributed by atoms with E-state index in [2.05, 4.69) is 20.6 Å². The predicted octanol–water partition coefficient (Wildman–Crippen LogP) is 0.659. The number of hydrogen-bond acceptors (Lipinski definition) is 4. The first-order valence-corrected chi connectivity index (χ1v) is 6.03. The highest BCUT2D eigenvalue weighted by Crippen LogP contribution is 2.19. The Bertz CT molecular complexity index is 587. The first-order chi connectivity index (χ1) is 8.74. The molecular formula is C12H15N5O. The molecule has 2 N–H and O–H groups in total. The average Bonchev–Trinajstić information content (AvgIpc) is 3.10. The van der Waals surface area contributed by atoms with Gasteiger partial charge in [-0.2, -0.15) is 0 Å². The fraction of sp³-hybridized carbons (Fsp3) is 0.417. The second kappa shape index (κ2) is 4.29. The number of anilines is 1. The highest BCUT2D eigenvalue weighted by atomic mass is 16.2. The van der Waals surface area contributed by atoms with Gasteiger partial charge >= 0.3 is 0 Å². The number of carbonyl (C=O) groups excluding carboxylic acids is 1. The van der Waals surface area contributed by atoms with Crippen molar-refractivity contribution in [1.29, 1.82) is 0 Å². The molecule has 1 aliphatic carbocycles. The number of imidazole rings is 1. The maximum atomic E-state index is 11.6.